The first-order valence-electron chi connectivity index (χ1n) is 15.4. The lowest BCUT2D eigenvalue weighted by molar-refractivity contribution is -0.142. The maximum atomic E-state index is 13.9. The summed E-state index contributed by atoms with van der Waals surface area (Å²) in [5.74, 6) is -0.926. The highest BCUT2D eigenvalue weighted by Gasteiger charge is 2.30. The van der Waals surface area contributed by atoms with E-state index >= 15 is 0 Å². The molecule has 0 spiro atoms. The molecule has 0 aliphatic rings. The van der Waals surface area contributed by atoms with Crippen molar-refractivity contribution in [1.29, 1.82) is 0 Å². The van der Waals surface area contributed by atoms with Crippen molar-refractivity contribution in [1.82, 2.24) is 10.2 Å². The summed E-state index contributed by atoms with van der Waals surface area (Å²) in [5.41, 5.74) is 4.01. The van der Waals surface area contributed by atoms with Crippen molar-refractivity contribution in [2.24, 2.45) is 0 Å². The van der Waals surface area contributed by atoms with E-state index in [4.69, 9.17) is 4.74 Å². The van der Waals surface area contributed by atoms with Crippen LogP contribution in [0.1, 0.15) is 22.3 Å². The highest BCUT2D eigenvalue weighted by Crippen LogP contribution is 2.21. The molecule has 5 aromatic rings. The van der Waals surface area contributed by atoms with Crippen LogP contribution >= 0.6 is 0 Å². The first-order valence-corrected chi connectivity index (χ1v) is 16.9. The maximum absolute atomic E-state index is 13.9. The second kappa shape index (κ2) is 15.9. The normalized spacial score (nSPS) is 11.7. The first kappa shape index (κ1) is 33.9. The standard InChI is InChI=1S/C38H36FN3O5S/c1-28-12-14-30(15-13-28)25-40-38(44)36(24-29-8-4-2-5-9-29)42(26-31-10-6-3-7-11-31)37(43)27-47-34-20-22-35(23-21-34)48(45,46)41-33-18-16-32(39)17-19-33/h2-23,36,41H,24-27H2,1H3,(H,40,44)/t36-/m1/s1. The summed E-state index contributed by atoms with van der Waals surface area (Å²) in [6, 6.07) is 36.5. The zero-order chi connectivity index (χ0) is 33.9. The zero-order valence-electron chi connectivity index (χ0n) is 26.4. The Balaban J connectivity index is 1.33. The minimum absolute atomic E-state index is 0.0376. The number of hydrogen-bond donors (Lipinski definition) is 2. The third-order valence-electron chi connectivity index (χ3n) is 7.65. The number of rotatable bonds is 14. The van der Waals surface area contributed by atoms with Crippen molar-refractivity contribution < 1.29 is 27.1 Å². The van der Waals surface area contributed by atoms with Crippen molar-refractivity contribution in [3.8, 4) is 5.75 Å². The lowest BCUT2D eigenvalue weighted by Gasteiger charge is -2.31. The van der Waals surface area contributed by atoms with Gasteiger partial charge in [-0.2, -0.15) is 0 Å². The Bertz CT molecular complexity index is 1900. The number of hydrogen-bond acceptors (Lipinski definition) is 5. The first-order chi connectivity index (χ1) is 23.2. The summed E-state index contributed by atoms with van der Waals surface area (Å²) >= 11 is 0. The van der Waals surface area contributed by atoms with E-state index in [1.165, 1.54) is 41.3 Å². The molecule has 5 aromatic carbocycles. The molecule has 8 nitrogen and oxygen atoms in total. The van der Waals surface area contributed by atoms with E-state index in [0.29, 0.717) is 6.54 Å². The van der Waals surface area contributed by atoms with Crippen LogP contribution in [0.25, 0.3) is 0 Å². The molecule has 0 aliphatic carbocycles. The van der Waals surface area contributed by atoms with Crippen LogP contribution in [0.3, 0.4) is 0 Å². The van der Waals surface area contributed by atoms with E-state index in [1.807, 2.05) is 91.9 Å². The molecule has 48 heavy (non-hydrogen) atoms. The molecule has 0 radical (unpaired) electrons. The second-order valence-electron chi connectivity index (χ2n) is 11.3. The van der Waals surface area contributed by atoms with E-state index in [9.17, 15) is 22.4 Å². The van der Waals surface area contributed by atoms with E-state index < -0.39 is 27.8 Å². The summed E-state index contributed by atoms with van der Waals surface area (Å²) in [5, 5.41) is 3.02. The van der Waals surface area contributed by atoms with Gasteiger partial charge in [-0.05, 0) is 72.1 Å². The fraction of sp³-hybridized carbons (Fsp3) is 0.158. The number of amides is 2. The fourth-order valence-electron chi connectivity index (χ4n) is 5.02. The van der Waals surface area contributed by atoms with Crippen molar-refractivity contribution in [3.63, 3.8) is 0 Å². The minimum Gasteiger partial charge on any atom is -0.484 e. The van der Waals surface area contributed by atoms with Gasteiger partial charge >= 0.3 is 0 Å². The van der Waals surface area contributed by atoms with Crippen molar-refractivity contribution >= 4 is 27.5 Å². The highest BCUT2D eigenvalue weighted by atomic mass is 32.2. The van der Waals surface area contributed by atoms with Crippen molar-refractivity contribution in [3.05, 3.63) is 162 Å². The number of nitrogens with one attached hydrogen (secondary N) is 2. The lowest BCUT2D eigenvalue weighted by atomic mass is 10.0. The topological polar surface area (TPSA) is 105 Å². The summed E-state index contributed by atoms with van der Waals surface area (Å²) < 4.78 is 47.1. The summed E-state index contributed by atoms with van der Waals surface area (Å²) in [7, 11) is -3.95. The molecule has 2 N–H and O–H groups in total. The molecule has 0 aliphatic heterocycles. The molecule has 0 saturated heterocycles. The highest BCUT2D eigenvalue weighted by molar-refractivity contribution is 7.92. The van der Waals surface area contributed by atoms with E-state index in [-0.39, 0.29) is 41.8 Å². The summed E-state index contributed by atoms with van der Waals surface area (Å²) in [6.45, 7) is 2.09. The van der Waals surface area contributed by atoms with Crippen LogP contribution in [-0.4, -0.2) is 37.8 Å². The Morgan fingerprint density at radius 1 is 0.750 bits per heavy atom. The number of benzene rings is 5. The summed E-state index contributed by atoms with van der Waals surface area (Å²) in [4.78, 5) is 29.2. The second-order valence-corrected chi connectivity index (χ2v) is 13.0. The molecular formula is C38H36FN3O5S. The molecule has 0 saturated carbocycles. The predicted octanol–water partition coefficient (Wildman–Crippen LogP) is 6.27. The smallest absolute Gasteiger partial charge is 0.261 e. The van der Waals surface area contributed by atoms with E-state index in [1.54, 1.807) is 0 Å². The summed E-state index contributed by atoms with van der Waals surface area (Å²) in [6.07, 6.45) is 0.284. The predicted molar refractivity (Wildman–Crippen MR) is 183 cm³/mol. The number of ether oxygens (including phenoxy) is 1. The van der Waals surface area contributed by atoms with Gasteiger partial charge in [0, 0.05) is 25.2 Å². The lowest BCUT2D eigenvalue weighted by Crippen LogP contribution is -2.51. The van der Waals surface area contributed by atoms with Gasteiger partial charge in [-0.25, -0.2) is 12.8 Å². The average Bonchev–Trinajstić information content (AvgIpc) is 3.10. The number of anilines is 1. The third kappa shape index (κ3) is 9.52. The molecule has 0 aromatic heterocycles. The molecule has 0 bridgehead atoms. The van der Waals surface area contributed by atoms with Crippen LogP contribution in [0, 0.1) is 12.7 Å². The number of carbonyl (C=O) groups is 2. The van der Waals surface area contributed by atoms with E-state index in [2.05, 4.69) is 10.0 Å². The van der Waals surface area contributed by atoms with Gasteiger partial charge < -0.3 is 15.0 Å². The Morgan fingerprint density at radius 3 is 1.98 bits per heavy atom. The van der Waals surface area contributed by atoms with Crippen LogP contribution in [0.5, 0.6) is 5.75 Å². The van der Waals surface area contributed by atoms with Gasteiger partial charge in [0.15, 0.2) is 6.61 Å². The number of aryl methyl sites for hydroxylation is 1. The van der Waals surface area contributed by atoms with Gasteiger partial charge in [0.2, 0.25) is 5.91 Å². The molecular weight excluding hydrogens is 629 g/mol. The Labute approximate surface area is 280 Å². The molecule has 0 unspecified atom stereocenters. The number of sulfonamides is 1. The molecule has 5 rings (SSSR count). The fourth-order valence-corrected chi connectivity index (χ4v) is 6.08. The molecule has 2 amide bonds. The van der Waals surface area contributed by atoms with Crippen molar-refractivity contribution in [2.75, 3.05) is 11.3 Å². The van der Waals surface area contributed by atoms with Crippen LogP contribution < -0.4 is 14.8 Å². The van der Waals surface area contributed by atoms with Crippen LogP contribution in [-0.2, 0) is 39.1 Å². The van der Waals surface area contributed by atoms with Crippen LogP contribution in [0.4, 0.5) is 10.1 Å². The quantitative estimate of drug-likeness (QED) is 0.146. The van der Waals surface area contributed by atoms with Crippen LogP contribution in [0.2, 0.25) is 0 Å². The number of nitrogens with zero attached hydrogens (tertiary/aromatic N) is 1. The largest absolute Gasteiger partial charge is 0.484 e. The average molecular weight is 666 g/mol. The van der Waals surface area contributed by atoms with E-state index in [0.717, 1.165) is 34.4 Å². The van der Waals surface area contributed by atoms with Gasteiger partial charge in [-0.3, -0.25) is 14.3 Å². The van der Waals surface area contributed by atoms with Gasteiger partial charge in [0.1, 0.15) is 17.6 Å². The monoisotopic (exact) mass is 665 g/mol. The maximum Gasteiger partial charge on any atom is 0.261 e. The van der Waals surface area contributed by atoms with Crippen molar-refractivity contribution in [2.45, 2.75) is 37.4 Å². The van der Waals surface area contributed by atoms with Gasteiger partial charge in [0.25, 0.3) is 15.9 Å². The number of halogens is 1. The zero-order valence-corrected chi connectivity index (χ0v) is 27.2. The molecule has 0 fully saturated rings. The SMILES string of the molecule is Cc1ccc(CNC(=O)[C@@H](Cc2ccccc2)N(Cc2ccccc2)C(=O)COc2ccc(S(=O)(=O)Nc3ccc(F)cc3)cc2)cc1. The Hall–Kier alpha value is -5.48. The number of carbonyl (C=O) groups excluding carboxylic acids is 2. The van der Waals surface area contributed by atoms with Gasteiger partial charge in [-0.1, -0.05) is 90.5 Å². The molecule has 1 atom stereocenters. The Kier molecular flexibility index (Phi) is 11.2. The molecule has 0 heterocycles. The molecule has 10 heteroatoms. The molecule has 246 valence electrons. The van der Waals surface area contributed by atoms with Gasteiger partial charge in [-0.15, -0.1) is 0 Å². The van der Waals surface area contributed by atoms with Crippen LogP contribution in [0.15, 0.2) is 138 Å². The Morgan fingerprint density at radius 2 is 1.35 bits per heavy atom. The minimum atomic E-state index is -3.95. The van der Waals surface area contributed by atoms with Gasteiger partial charge in [0.05, 0.1) is 4.90 Å². The third-order valence-corrected chi connectivity index (χ3v) is 9.04.